The van der Waals surface area contributed by atoms with Gasteiger partial charge in [-0.15, -0.1) is 0 Å². The predicted molar refractivity (Wildman–Crippen MR) is 248 cm³/mol. The zero-order valence-electron chi connectivity index (χ0n) is 39.4. The number of carbonyl (C=O) groups is 2. The lowest BCUT2D eigenvalue weighted by atomic mass is 9.44. The Morgan fingerprint density at radius 3 is 1.56 bits per heavy atom. The van der Waals surface area contributed by atoms with E-state index in [9.17, 15) is 9.59 Å². The van der Waals surface area contributed by atoms with Crippen molar-refractivity contribution in [3.8, 4) is 0 Å². The van der Waals surface area contributed by atoms with Crippen LogP contribution in [-0.2, 0) is 9.59 Å². The van der Waals surface area contributed by atoms with E-state index in [1.54, 1.807) is 25.0 Å². The highest BCUT2D eigenvalue weighted by molar-refractivity contribution is 5.74. The molecule has 2 amide bonds. The summed E-state index contributed by atoms with van der Waals surface area (Å²) in [6, 6.07) is 7.58. The second-order valence-corrected chi connectivity index (χ2v) is 23.0. The van der Waals surface area contributed by atoms with Gasteiger partial charge in [0, 0.05) is 64.8 Å². The maximum Gasteiger partial charge on any atom is 0.219 e. The lowest BCUT2D eigenvalue weighted by Crippen LogP contribution is -2.55. The van der Waals surface area contributed by atoms with Crippen molar-refractivity contribution in [2.45, 2.75) is 163 Å². The first kappa shape index (κ1) is 43.0. The fourth-order valence-corrected chi connectivity index (χ4v) is 16.9. The molecule has 61 heavy (non-hydrogen) atoms. The van der Waals surface area contributed by atoms with Crippen molar-refractivity contribution in [1.82, 2.24) is 19.8 Å². The quantitative estimate of drug-likeness (QED) is 0.308. The van der Waals surface area contributed by atoms with Crippen LogP contribution in [0.2, 0.25) is 0 Å². The molecule has 8 aliphatic carbocycles. The summed E-state index contributed by atoms with van der Waals surface area (Å²) in [4.78, 5) is 36.8. The maximum atomic E-state index is 12.0. The zero-order valence-corrected chi connectivity index (χ0v) is 39.4. The molecular formula is C55H78N4O2. The van der Waals surface area contributed by atoms with E-state index < -0.39 is 0 Å². The molecule has 8 aliphatic rings. The molecule has 6 fully saturated rings. The first-order chi connectivity index (χ1) is 29.1. The number of allylic oxidation sites excluding steroid dienone is 4. The average Bonchev–Trinajstić information content (AvgIpc) is 3.80. The zero-order chi connectivity index (χ0) is 43.1. The number of aryl methyl sites for hydroxylation is 1. The predicted octanol–water partition coefficient (Wildman–Crippen LogP) is 12.2. The first-order valence-corrected chi connectivity index (χ1v) is 24.8. The molecule has 330 valence electrons. The molecule has 14 atom stereocenters. The second kappa shape index (κ2) is 16.1. The second-order valence-electron chi connectivity index (χ2n) is 23.0. The Labute approximate surface area is 369 Å². The van der Waals surface area contributed by atoms with E-state index in [0.717, 1.165) is 47.3 Å². The topological polar surface area (TPSA) is 66.4 Å². The number of hydrogen-bond acceptors (Lipinski definition) is 4. The van der Waals surface area contributed by atoms with Crippen LogP contribution in [0.1, 0.15) is 161 Å². The molecule has 10 rings (SSSR count). The number of pyridine rings is 2. The van der Waals surface area contributed by atoms with E-state index in [1.165, 1.54) is 119 Å². The molecule has 6 heteroatoms. The molecule has 0 spiro atoms. The van der Waals surface area contributed by atoms with Crippen molar-refractivity contribution in [1.29, 1.82) is 0 Å². The van der Waals surface area contributed by atoms with Crippen molar-refractivity contribution in [3.63, 3.8) is 0 Å². The number of amides is 2. The molecular weight excluding hydrogens is 749 g/mol. The lowest BCUT2D eigenvalue weighted by molar-refractivity contribution is -0.137. The molecule has 6 nitrogen and oxygen atoms in total. The van der Waals surface area contributed by atoms with E-state index in [2.05, 4.69) is 87.3 Å². The summed E-state index contributed by atoms with van der Waals surface area (Å²) in [6.07, 6.45) is 33.9. The van der Waals surface area contributed by atoms with Gasteiger partial charge in [0.1, 0.15) is 0 Å². The van der Waals surface area contributed by atoms with E-state index in [-0.39, 0.29) is 11.8 Å². The SMILES string of the molecule is CC(=O)N(C)C1CC[C@@]2(C)C(CC[C@@H]3[C@@H]2CC[C@]2(C)C(c4cccnc4)=CC[C@@H]32)C1.CC(=O)N(C)C1CC[C@@]2(C)C(CC[C@@H]3[C@@H]2CC[C@]2(C)C(c4cncc(C)c4)=CC[C@@H]32)C1. The van der Waals surface area contributed by atoms with Crippen molar-refractivity contribution < 1.29 is 9.59 Å². The van der Waals surface area contributed by atoms with Crippen LogP contribution in [0, 0.1) is 75.9 Å². The van der Waals surface area contributed by atoms with Crippen LogP contribution < -0.4 is 0 Å². The molecule has 2 aromatic rings. The van der Waals surface area contributed by atoms with Gasteiger partial charge in [-0.05, 0) is 219 Å². The fraction of sp³-hybridized carbons (Fsp3) is 0.709. The Morgan fingerprint density at radius 1 is 0.607 bits per heavy atom. The van der Waals surface area contributed by atoms with Crippen molar-refractivity contribution in [2.75, 3.05) is 14.1 Å². The Bertz CT molecular complexity index is 2040. The third-order valence-corrected chi connectivity index (χ3v) is 20.7. The molecule has 4 unspecified atom stereocenters. The van der Waals surface area contributed by atoms with Crippen LogP contribution in [0.3, 0.4) is 0 Å². The van der Waals surface area contributed by atoms with E-state index in [1.807, 2.05) is 36.3 Å². The summed E-state index contributed by atoms with van der Waals surface area (Å²) in [6.45, 7) is 15.9. The average molecular weight is 827 g/mol. The largest absolute Gasteiger partial charge is 0.343 e. The number of fused-ring (bicyclic) bond motifs is 10. The van der Waals surface area contributed by atoms with Gasteiger partial charge in [0.05, 0.1) is 0 Å². The molecule has 0 saturated heterocycles. The Kier molecular flexibility index (Phi) is 11.3. The summed E-state index contributed by atoms with van der Waals surface area (Å²) in [5.41, 5.74) is 8.67. The highest BCUT2D eigenvalue weighted by Gasteiger charge is 2.60. The van der Waals surface area contributed by atoms with Crippen LogP contribution in [0.25, 0.3) is 11.1 Å². The van der Waals surface area contributed by atoms with E-state index in [4.69, 9.17) is 0 Å². The standard InChI is InChI=1S/C28H40N2O.C27H38N2O/c1-18-14-20(17-29-16-18)24-8-9-25-23-7-6-21-15-22(30(5)19(2)31)10-12-27(21,3)26(23)11-13-28(24,25)4;1-18(30)29(4)21-11-13-26(2)20(16-21)7-8-22-24-10-9-23(19-6-5-15-28-17-19)27(24,3)14-12-25(22)26/h8,14,16-17,21-23,25-26H,6-7,9-13,15H2,1-5H3;5-6,9,15,17,20-22,24-25H,7-8,10-14,16H2,1-4H3/t21?,22?,23-,25-,26-,27-,28+;20?,21?,22-,24-,25-,26-,27+/m00/s1. The number of hydrogen-bond donors (Lipinski definition) is 0. The smallest absolute Gasteiger partial charge is 0.219 e. The van der Waals surface area contributed by atoms with Gasteiger partial charge in [0.15, 0.2) is 0 Å². The molecule has 0 radical (unpaired) electrons. The summed E-state index contributed by atoms with van der Waals surface area (Å²) >= 11 is 0. The monoisotopic (exact) mass is 827 g/mol. The van der Waals surface area contributed by atoms with Gasteiger partial charge in [0.25, 0.3) is 0 Å². The number of rotatable bonds is 4. The summed E-state index contributed by atoms with van der Waals surface area (Å²) in [5.74, 6) is 7.04. The molecule has 2 aromatic heterocycles. The van der Waals surface area contributed by atoms with Crippen LogP contribution in [-0.4, -0.2) is 57.8 Å². The number of nitrogens with zero attached hydrogens (tertiary/aromatic N) is 4. The third kappa shape index (κ3) is 7.09. The minimum Gasteiger partial charge on any atom is -0.343 e. The van der Waals surface area contributed by atoms with Crippen LogP contribution >= 0.6 is 0 Å². The normalized spacial score (nSPS) is 42.0. The Morgan fingerprint density at radius 2 is 1.10 bits per heavy atom. The molecule has 0 bridgehead atoms. The third-order valence-electron chi connectivity index (χ3n) is 20.7. The van der Waals surface area contributed by atoms with Crippen LogP contribution in [0.4, 0.5) is 0 Å². The number of carbonyl (C=O) groups excluding carboxylic acids is 2. The van der Waals surface area contributed by atoms with Crippen molar-refractivity contribution >= 4 is 23.0 Å². The Balaban J connectivity index is 0.000000156. The van der Waals surface area contributed by atoms with Gasteiger partial charge in [-0.1, -0.05) is 45.9 Å². The maximum absolute atomic E-state index is 12.0. The van der Waals surface area contributed by atoms with Gasteiger partial charge in [-0.2, -0.15) is 0 Å². The Hall–Kier alpha value is -3.28. The van der Waals surface area contributed by atoms with Gasteiger partial charge in [-0.25, -0.2) is 0 Å². The van der Waals surface area contributed by atoms with Gasteiger partial charge >= 0.3 is 0 Å². The van der Waals surface area contributed by atoms with Crippen LogP contribution in [0.5, 0.6) is 0 Å². The minimum atomic E-state index is 0.227. The fourth-order valence-electron chi connectivity index (χ4n) is 16.9. The minimum absolute atomic E-state index is 0.227. The van der Waals surface area contributed by atoms with Gasteiger partial charge < -0.3 is 9.80 Å². The van der Waals surface area contributed by atoms with Crippen molar-refractivity contribution in [3.05, 3.63) is 71.8 Å². The molecule has 0 N–H and O–H groups in total. The highest BCUT2D eigenvalue weighted by atomic mass is 16.2. The molecule has 2 heterocycles. The first-order valence-electron chi connectivity index (χ1n) is 24.8. The summed E-state index contributed by atoms with van der Waals surface area (Å²) in [7, 11) is 4.02. The van der Waals surface area contributed by atoms with E-state index in [0.29, 0.717) is 33.7 Å². The number of aromatic nitrogens is 2. The van der Waals surface area contributed by atoms with Crippen molar-refractivity contribution in [2.24, 2.45) is 69.0 Å². The molecule has 0 aromatic carbocycles. The molecule has 6 saturated carbocycles. The summed E-state index contributed by atoms with van der Waals surface area (Å²) in [5, 5.41) is 0. The van der Waals surface area contributed by atoms with E-state index >= 15 is 0 Å². The molecule has 0 aliphatic heterocycles. The van der Waals surface area contributed by atoms with Gasteiger partial charge in [-0.3, -0.25) is 19.6 Å². The van der Waals surface area contributed by atoms with Crippen LogP contribution in [0.15, 0.2) is 55.1 Å². The van der Waals surface area contributed by atoms with Gasteiger partial charge in [0.2, 0.25) is 11.8 Å². The summed E-state index contributed by atoms with van der Waals surface area (Å²) < 4.78 is 0. The lowest BCUT2D eigenvalue weighted by Gasteiger charge is -2.61. The highest BCUT2D eigenvalue weighted by Crippen LogP contribution is 2.69.